The van der Waals surface area contributed by atoms with Crippen LogP contribution in [0.5, 0.6) is 0 Å². The smallest absolute Gasteiger partial charge is 0.227 e. The molecule has 1 aromatic carbocycles. The summed E-state index contributed by atoms with van der Waals surface area (Å²) in [5.41, 5.74) is 1.16. The van der Waals surface area contributed by atoms with E-state index in [0.717, 1.165) is 62.6 Å². The van der Waals surface area contributed by atoms with E-state index < -0.39 is 6.10 Å². The minimum Gasteiger partial charge on any atom is -0.393 e. The van der Waals surface area contributed by atoms with E-state index in [2.05, 4.69) is 34.6 Å². The minimum absolute atomic E-state index is 0.0727. The van der Waals surface area contributed by atoms with Crippen molar-refractivity contribution in [2.24, 2.45) is 46.3 Å². The van der Waals surface area contributed by atoms with Crippen LogP contribution < -0.4 is 4.90 Å². The van der Waals surface area contributed by atoms with Gasteiger partial charge in [0.25, 0.3) is 0 Å². The summed E-state index contributed by atoms with van der Waals surface area (Å²) >= 11 is 0. The van der Waals surface area contributed by atoms with Crippen molar-refractivity contribution in [1.82, 2.24) is 0 Å². The fourth-order valence-corrected chi connectivity index (χ4v) is 11.1. The van der Waals surface area contributed by atoms with Gasteiger partial charge in [0.15, 0.2) is 0 Å². The summed E-state index contributed by atoms with van der Waals surface area (Å²) in [6, 6.07) is 4.74. The molecule has 1 heterocycles. The zero-order valence-corrected chi connectivity index (χ0v) is 25.1. The highest BCUT2D eigenvalue weighted by atomic mass is 19.1. The van der Waals surface area contributed by atoms with Crippen LogP contribution in [0.15, 0.2) is 18.2 Å². The van der Waals surface area contributed by atoms with Crippen LogP contribution in [-0.2, 0) is 11.2 Å². The summed E-state index contributed by atoms with van der Waals surface area (Å²) in [6.45, 7) is 11.0. The van der Waals surface area contributed by atoms with Crippen molar-refractivity contribution in [2.45, 2.75) is 123 Å². The predicted octanol–water partition coefficient (Wildman–Crippen LogP) is 5.87. The number of hydrogen-bond acceptors (Lipinski definition) is 4. The molecule has 6 heteroatoms. The van der Waals surface area contributed by atoms with Gasteiger partial charge < -0.3 is 20.2 Å². The van der Waals surface area contributed by atoms with Crippen LogP contribution in [0.2, 0.25) is 0 Å². The third kappa shape index (κ3) is 4.21. The van der Waals surface area contributed by atoms with Gasteiger partial charge in [-0.2, -0.15) is 0 Å². The Morgan fingerprint density at radius 3 is 2.55 bits per heavy atom. The molecule has 0 bridgehead atoms. The van der Waals surface area contributed by atoms with E-state index in [4.69, 9.17) is 0 Å². The van der Waals surface area contributed by atoms with Crippen molar-refractivity contribution in [3.63, 3.8) is 0 Å². The number of carbonyl (C=O) groups is 1. The second-order valence-electron chi connectivity index (χ2n) is 15.5. The number of anilines is 1. The van der Waals surface area contributed by atoms with Crippen molar-refractivity contribution in [1.29, 1.82) is 0 Å². The molecule has 0 unspecified atom stereocenters. The maximum Gasteiger partial charge on any atom is 0.227 e. The number of carbonyl (C=O) groups excluding carboxylic acids is 1. The first kappa shape index (κ1) is 28.6. The van der Waals surface area contributed by atoms with E-state index in [1.165, 1.54) is 6.07 Å². The van der Waals surface area contributed by atoms with Crippen molar-refractivity contribution in [2.75, 3.05) is 4.90 Å². The Balaban J connectivity index is 1.17. The summed E-state index contributed by atoms with van der Waals surface area (Å²) in [5.74, 6) is 1.50. The molecular formula is C34H50FNO4. The Kier molecular flexibility index (Phi) is 6.99. The molecule has 222 valence electrons. The number of fused-ring (bicyclic) bond motifs is 6. The molecule has 1 aromatic rings. The fraction of sp³-hybridized carbons (Fsp3) is 0.794. The van der Waals surface area contributed by atoms with Gasteiger partial charge in [-0.3, -0.25) is 4.79 Å². The van der Waals surface area contributed by atoms with Crippen molar-refractivity contribution < 1.29 is 24.5 Å². The molecule has 4 saturated carbocycles. The lowest BCUT2D eigenvalue weighted by molar-refractivity contribution is -0.207. The molecule has 11 atom stereocenters. The first-order valence-electron chi connectivity index (χ1n) is 15.9. The lowest BCUT2D eigenvalue weighted by Gasteiger charge is -2.63. The molecule has 6 rings (SSSR count). The van der Waals surface area contributed by atoms with Crippen LogP contribution in [0.1, 0.15) is 98.0 Å². The second kappa shape index (κ2) is 9.77. The van der Waals surface area contributed by atoms with Crippen molar-refractivity contribution in [3.8, 4) is 0 Å². The molecule has 5 aliphatic rings. The standard InChI is InChI=1S/C34H50FNO4/c1-19(6-11-30(40)36-27-10-7-22(35)14-20(27)18-32(36,2)3)24-8-9-25-31-26(17-29(39)34(24,25)5)33(4)13-12-23(37)15-21(33)16-28(31)38/h7,10,14,19,21,23-26,28-29,31,37-39H,6,8-9,11-13,15-18H2,1-5H3/t19-,21+,23-,24-,25+,26+,28-,29+,31+,33+,34-/m1/s1. The number of benzene rings is 1. The van der Waals surface area contributed by atoms with Gasteiger partial charge in [-0.05, 0) is 142 Å². The van der Waals surface area contributed by atoms with Crippen LogP contribution in [-0.4, -0.2) is 45.1 Å². The summed E-state index contributed by atoms with van der Waals surface area (Å²) in [6.07, 6.45) is 6.92. The highest BCUT2D eigenvalue weighted by Crippen LogP contribution is 2.68. The fourth-order valence-electron chi connectivity index (χ4n) is 11.1. The number of halogens is 1. The summed E-state index contributed by atoms with van der Waals surface area (Å²) in [4.78, 5) is 15.5. The number of hydrogen-bond donors (Lipinski definition) is 3. The maximum absolute atomic E-state index is 13.9. The van der Waals surface area contributed by atoms with Gasteiger partial charge in [0.05, 0.1) is 18.3 Å². The van der Waals surface area contributed by atoms with Crippen molar-refractivity contribution >= 4 is 11.6 Å². The summed E-state index contributed by atoms with van der Waals surface area (Å²) in [5, 5.41) is 33.7. The van der Waals surface area contributed by atoms with Gasteiger partial charge in [0.1, 0.15) is 5.82 Å². The normalized spacial score (nSPS) is 44.4. The molecular weight excluding hydrogens is 505 g/mol. The lowest BCUT2D eigenvalue weighted by atomic mass is 9.43. The Hall–Kier alpha value is -1.50. The third-order valence-corrected chi connectivity index (χ3v) is 13.1. The Bertz CT molecular complexity index is 1150. The van der Waals surface area contributed by atoms with Crippen LogP contribution >= 0.6 is 0 Å². The average molecular weight is 556 g/mol. The quantitative estimate of drug-likeness (QED) is 0.434. The molecule has 0 saturated heterocycles. The average Bonchev–Trinajstić information content (AvgIpc) is 3.37. The second-order valence-corrected chi connectivity index (χ2v) is 15.5. The number of amides is 1. The van der Waals surface area contributed by atoms with Crippen molar-refractivity contribution in [3.05, 3.63) is 29.6 Å². The predicted molar refractivity (Wildman–Crippen MR) is 154 cm³/mol. The molecule has 1 aliphatic heterocycles. The van der Waals surface area contributed by atoms with Crippen LogP contribution in [0, 0.1) is 52.2 Å². The van der Waals surface area contributed by atoms with Gasteiger partial charge >= 0.3 is 0 Å². The zero-order chi connectivity index (χ0) is 28.8. The number of aliphatic hydroxyl groups is 3. The number of aliphatic hydroxyl groups excluding tert-OH is 3. The molecule has 0 aromatic heterocycles. The van der Waals surface area contributed by atoms with Gasteiger partial charge in [-0.25, -0.2) is 4.39 Å². The van der Waals surface area contributed by atoms with E-state index in [0.29, 0.717) is 30.6 Å². The number of rotatable bonds is 4. The van der Waals surface area contributed by atoms with Crippen LogP contribution in [0.4, 0.5) is 10.1 Å². The highest BCUT2D eigenvalue weighted by Gasteiger charge is 2.65. The van der Waals surface area contributed by atoms with Crippen LogP contribution in [0.25, 0.3) is 0 Å². The first-order valence-corrected chi connectivity index (χ1v) is 15.9. The maximum atomic E-state index is 13.9. The molecule has 40 heavy (non-hydrogen) atoms. The SMILES string of the molecule is C[C@H](CCC(=O)N1c2ccc(F)cc2CC1(C)C)[C@H]1CC[C@H]2[C@@H]3[C@H](O)C[C@@H]4C[C@H](O)CC[C@]4(C)[C@H]3C[C@H](O)[C@]12C. The largest absolute Gasteiger partial charge is 0.393 e. The molecule has 4 aliphatic carbocycles. The van der Waals surface area contributed by atoms with Gasteiger partial charge in [-0.15, -0.1) is 0 Å². The molecule has 0 radical (unpaired) electrons. The third-order valence-electron chi connectivity index (χ3n) is 13.1. The van der Waals surface area contributed by atoms with Gasteiger partial charge in [0.2, 0.25) is 5.91 Å². The minimum atomic E-state index is -0.418. The van der Waals surface area contributed by atoms with Gasteiger partial charge in [-0.1, -0.05) is 20.8 Å². The Morgan fingerprint density at radius 1 is 1.05 bits per heavy atom. The van der Waals surface area contributed by atoms with E-state index >= 15 is 0 Å². The van der Waals surface area contributed by atoms with E-state index in [1.807, 2.05) is 4.90 Å². The molecule has 4 fully saturated rings. The summed E-state index contributed by atoms with van der Waals surface area (Å²) in [7, 11) is 0. The first-order chi connectivity index (χ1) is 18.8. The Morgan fingerprint density at radius 2 is 1.80 bits per heavy atom. The molecule has 3 N–H and O–H groups in total. The summed E-state index contributed by atoms with van der Waals surface area (Å²) < 4.78 is 13.9. The van der Waals surface area contributed by atoms with E-state index in [-0.39, 0.29) is 58.1 Å². The van der Waals surface area contributed by atoms with E-state index in [9.17, 15) is 24.5 Å². The zero-order valence-electron chi connectivity index (χ0n) is 25.1. The lowest BCUT2D eigenvalue weighted by Crippen LogP contribution is -2.62. The monoisotopic (exact) mass is 555 g/mol. The van der Waals surface area contributed by atoms with Gasteiger partial charge in [0, 0.05) is 17.6 Å². The molecule has 0 spiro atoms. The van der Waals surface area contributed by atoms with E-state index in [1.54, 1.807) is 12.1 Å². The molecule has 5 nitrogen and oxygen atoms in total. The Labute approximate surface area is 239 Å². The highest BCUT2D eigenvalue weighted by molar-refractivity contribution is 5.97. The topological polar surface area (TPSA) is 81.0 Å². The molecule has 1 amide bonds. The number of nitrogens with zero attached hydrogens (tertiary/aromatic N) is 1. The van der Waals surface area contributed by atoms with Crippen LogP contribution in [0.3, 0.4) is 0 Å².